The number of nitrogens with zero attached hydrogens (tertiary/aromatic N) is 3. The monoisotopic (exact) mass is 334 g/mol. The van der Waals surface area contributed by atoms with Crippen LogP contribution in [0, 0.1) is 5.92 Å². The number of piperidine rings is 3. The highest BCUT2D eigenvalue weighted by Crippen LogP contribution is 2.39. The summed E-state index contributed by atoms with van der Waals surface area (Å²) in [5.41, 5.74) is 2.83. The van der Waals surface area contributed by atoms with E-state index in [1.54, 1.807) is 0 Å². The molecule has 6 rings (SSSR count). The Kier molecular flexibility index (Phi) is 3.31. The summed E-state index contributed by atoms with van der Waals surface area (Å²) in [6.45, 7) is 4.44. The van der Waals surface area contributed by atoms with Crippen molar-refractivity contribution in [1.29, 1.82) is 0 Å². The third kappa shape index (κ3) is 2.59. The van der Waals surface area contributed by atoms with Gasteiger partial charge in [0.25, 0.3) is 0 Å². The van der Waals surface area contributed by atoms with Crippen molar-refractivity contribution in [3.63, 3.8) is 0 Å². The van der Waals surface area contributed by atoms with Crippen molar-refractivity contribution in [2.75, 3.05) is 13.1 Å². The quantitative estimate of drug-likeness (QED) is 0.791. The van der Waals surface area contributed by atoms with Gasteiger partial charge in [-0.1, -0.05) is 6.07 Å². The fourth-order valence-electron chi connectivity index (χ4n) is 4.35. The first-order valence-corrected chi connectivity index (χ1v) is 9.05. The van der Waals surface area contributed by atoms with E-state index < -0.39 is 0 Å². The Morgan fingerprint density at radius 1 is 1.12 bits per heavy atom. The molecule has 3 saturated heterocycles. The van der Waals surface area contributed by atoms with Crippen molar-refractivity contribution < 1.29 is 4.74 Å². The number of fused-ring (bicyclic) bond motifs is 4. The molecule has 1 unspecified atom stereocenters. The van der Waals surface area contributed by atoms with Crippen LogP contribution >= 0.6 is 0 Å². The Bertz CT molecular complexity index is 895. The van der Waals surface area contributed by atoms with Gasteiger partial charge in [0.05, 0.1) is 5.69 Å². The van der Waals surface area contributed by atoms with Crippen LogP contribution in [0.1, 0.15) is 26.2 Å². The maximum atomic E-state index is 6.27. The van der Waals surface area contributed by atoms with Crippen molar-refractivity contribution >= 4 is 10.9 Å². The summed E-state index contributed by atoms with van der Waals surface area (Å²) in [5, 5.41) is 9.91. The molecule has 0 radical (unpaired) electrons. The Morgan fingerprint density at radius 3 is 2.72 bits per heavy atom. The summed E-state index contributed by atoms with van der Waals surface area (Å²) in [5.74, 6) is 1.40. The molecule has 2 bridgehead atoms. The first-order chi connectivity index (χ1) is 12.2. The van der Waals surface area contributed by atoms with Gasteiger partial charge in [-0.25, -0.2) is 0 Å². The lowest BCUT2D eigenvalue weighted by Gasteiger charge is -2.51. The van der Waals surface area contributed by atoms with E-state index in [4.69, 9.17) is 4.74 Å². The van der Waals surface area contributed by atoms with Crippen LogP contribution in [-0.4, -0.2) is 38.9 Å². The van der Waals surface area contributed by atoms with E-state index in [0.717, 1.165) is 42.2 Å². The summed E-state index contributed by atoms with van der Waals surface area (Å²) in [6, 6.07) is 12.3. The molecule has 1 N–H and O–H groups in total. The van der Waals surface area contributed by atoms with E-state index in [0.29, 0.717) is 5.88 Å². The molecule has 25 heavy (non-hydrogen) atoms. The lowest BCUT2D eigenvalue weighted by atomic mass is 9.82. The molecule has 0 spiro atoms. The molecule has 3 aliphatic rings. The lowest BCUT2D eigenvalue weighted by Crippen LogP contribution is -2.60. The minimum Gasteiger partial charge on any atom is -0.455 e. The number of H-pyrrole nitrogens is 1. The Morgan fingerprint density at radius 2 is 2.00 bits per heavy atom. The third-order valence-electron chi connectivity index (χ3n) is 5.76. The van der Waals surface area contributed by atoms with Gasteiger partial charge in [-0.2, -0.15) is 0 Å². The number of rotatable bonds is 3. The zero-order valence-electron chi connectivity index (χ0n) is 14.4. The standard InChI is InChI=1S/C20H22N4O/c1-20(13-14-7-10-24(20)11-8-14)25-19-5-4-18(22-23-19)15-2-3-17-16(12-15)6-9-21-17/h2-6,9,12,14,21H,7-8,10-11,13H2,1H3. The summed E-state index contributed by atoms with van der Waals surface area (Å²) in [6.07, 6.45) is 5.63. The maximum absolute atomic E-state index is 6.27. The second kappa shape index (κ2) is 5.56. The van der Waals surface area contributed by atoms with Crippen molar-refractivity contribution in [1.82, 2.24) is 20.1 Å². The van der Waals surface area contributed by atoms with E-state index in [1.807, 2.05) is 18.3 Å². The van der Waals surface area contributed by atoms with Crippen molar-refractivity contribution in [2.24, 2.45) is 5.92 Å². The summed E-state index contributed by atoms with van der Waals surface area (Å²) in [7, 11) is 0. The average molecular weight is 334 g/mol. The molecule has 5 nitrogen and oxygen atoms in total. The van der Waals surface area contributed by atoms with Crippen LogP contribution in [0.2, 0.25) is 0 Å². The summed E-state index contributed by atoms with van der Waals surface area (Å²) in [4.78, 5) is 5.66. The lowest BCUT2D eigenvalue weighted by molar-refractivity contribution is -0.143. The molecule has 0 aliphatic carbocycles. The first kappa shape index (κ1) is 14.9. The molecule has 5 heteroatoms. The first-order valence-electron chi connectivity index (χ1n) is 9.05. The minimum atomic E-state index is -0.235. The van der Waals surface area contributed by atoms with E-state index in [2.05, 4.69) is 51.3 Å². The van der Waals surface area contributed by atoms with Gasteiger partial charge in [0.1, 0.15) is 0 Å². The van der Waals surface area contributed by atoms with Crippen LogP contribution in [0.3, 0.4) is 0 Å². The largest absolute Gasteiger partial charge is 0.455 e. The Hall–Kier alpha value is -2.40. The van der Waals surface area contributed by atoms with Gasteiger partial charge >= 0.3 is 0 Å². The molecular formula is C20H22N4O. The molecule has 1 atom stereocenters. The third-order valence-corrected chi connectivity index (χ3v) is 5.76. The number of aromatic amines is 1. The molecule has 0 amide bonds. The van der Waals surface area contributed by atoms with Crippen LogP contribution in [-0.2, 0) is 0 Å². The number of aromatic nitrogens is 3. The van der Waals surface area contributed by atoms with Gasteiger partial charge in [0.15, 0.2) is 5.72 Å². The zero-order valence-corrected chi connectivity index (χ0v) is 14.4. The molecule has 3 aromatic rings. The topological polar surface area (TPSA) is 54.0 Å². The van der Waals surface area contributed by atoms with Crippen molar-refractivity contribution in [3.05, 3.63) is 42.6 Å². The molecule has 128 valence electrons. The number of hydrogen-bond donors (Lipinski definition) is 1. The van der Waals surface area contributed by atoms with Gasteiger partial charge in [-0.3, -0.25) is 4.90 Å². The van der Waals surface area contributed by atoms with Gasteiger partial charge in [-0.05, 0) is 49.9 Å². The van der Waals surface area contributed by atoms with Crippen LogP contribution in [0.25, 0.3) is 22.2 Å². The highest BCUT2D eigenvalue weighted by Gasteiger charge is 2.44. The Balaban J connectivity index is 1.38. The van der Waals surface area contributed by atoms with Crippen LogP contribution in [0.15, 0.2) is 42.6 Å². The smallest absolute Gasteiger partial charge is 0.235 e. The Labute approximate surface area is 147 Å². The maximum Gasteiger partial charge on any atom is 0.235 e. The zero-order chi connectivity index (χ0) is 16.9. The van der Waals surface area contributed by atoms with E-state index >= 15 is 0 Å². The molecule has 1 aromatic carbocycles. The number of hydrogen-bond acceptors (Lipinski definition) is 4. The van der Waals surface area contributed by atoms with E-state index in [-0.39, 0.29) is 5.72 Å². The predicted molar refractivity (Wildman–Crippen MR) is 97.3 cm³/mol. The fraction of sp³-hybridized carbons (Fsp3) is 0.400. The summed E-state index contributed by atoms with van der Waals surface area (Å²) >= 11 is 0. The average Bonchev–Trinajstić information content (AvgIpc) is 3.10. The molecule has 3 aliphatic heterocycles. The molecule has 5 heterocycles. The highest BCUT2D eigenvalue weighted by atomic mass is 16.5. The number of benzene rings is 1. The second-order valence-electron chi connectivity index (χ2n) is 7.45. The second-order valence-corrected chi connectivity index (χ2v) is 7.45. The normalized spacial score (nSPS) is 28.4. The fourth-order valence-corrected chi connectivity index (χ4v) is 4.35. The SMILES string of the molecule is CC1(Oc2ccc(-c3ccc4[nH]ccc4c3)nn2)CC2CCN1CC2. The molecule has 2 aromatic heterocycles. The van der Waals surface area contributed by atoms with Crippen molar-refractivity contribution in [3.8, 4) is 17.1 Å². The molecular weight excluding hydrogens is 312 g/mol. The van der Waals surface area contributed by atoms with Gasteiger partial charge in [-0.15, -0.1) is 10.2 Å². The van der Waals surface area contributed by atoms with Crippen LogP contribution in [0.4, 0.5) is 0 Å². The minimum absolute atomic E-state index is 0.235. The van der Waals surface area contributed by atoms with Crippen LogP contribution in [0.5, 0.6) is 5.88 Å². The van der Waals surface area contributed by atoms with Crippen LogP contribution < -0.4 is 4.74 Å². The van der Waals surface area contributed by atoms with Gasteiger partial charge in [0, 0.05) is 48.2 Å². The number of nitrogens with one attached hydrogen (secondary N) is 1. The molecule has 3 fully saturated rings. The van der Waals surface area contributed by atoms with E-state index in [9.17, 15) is 0 Å². The summed E-state index contributed by atoms with van der Waals surface area (Å²) < 4.78 is 6.27. The highest BCUT2D eigenvalue weighted by molar-refractivity contribution is 5.84. The van der Waals surface area contributed by atoms with Gasteiger partial charge in [0.2, 0.25) is 5.88 Å². The van der Waals surface area contributed by atoms with Gasteiger partial charge < -0.3 is 9.72 Å². The number of ether oxygens (including phenoxy) is 1. The predicted octanol–water partition coefficient (Wildman–Crippen LogP) is 3.84. The van der Waals surface area contributed by atoms with Crippen molar-refractivity contribution in [2.45, 2.75) is 31.9 Å². The molecule has 0 saturated carbocycles. The van der Waals surface area contributed by atoms with E-state index in [1.165, 1.54) is 18.2 Å².